The third-order valence-corrected chi connectivity index (χ3v) is 7.07. The molecule has 0 spiro atoms. The molecule has 0 fully saturated rings. The van der Waals surface area contributed by atoms with Crippen molar-refractivity contribution >= 4 is 27.5 Å². The molecule has 2 aromatic rings. The topological polar surface area (TPSA) is 105 Å². The Balaban J connectivity index is 1.91. The smallest absolute Gasteiger partial charge is 0.244 e. The third-order valence-electron chi connectivity index (χ3n) is 5.93. The molecule has 35 heavy (non-hydrogen) atoms. The summed E-state index contributed by atoms with van der Waals surface area (Å²) in [6.45, 7) is 7.18. The van der Waals surface area contributed by atoms with Crippen LogP contribution in [-0.2, 0) is 26.2 Å². The van der Waals surface area contributed by atoms with Crippen LogP contribution in [0, 0.1) is 6.92 Å². The summed E-state index contributed by atoms with van der Waals surface area (Å²) in [7, 11) is -3.82. The fourth-order valence-corrected chi connectivity index (χ4v) is 4.55. The Morgan fingerprint density at radius 3 is 2.46 bits per heavy atom. The summed E-state index contributed by atoms with van der Waals surface area (Å²) < 4.78 is 37.1. The quantitative estimate of drug-likeness (QED) is 0.535. The maximum absolute atomic E-state index is 13.6. The summed E-state index contributed by atoms with van der Waals surface area (Å²) in [4.78, 5) is 27.9. The van der Waals surface area contributed by atoms with Crippen LogP contribution >= 0.6 is 0 Å². The second kappa shape index (κ2) is 11.0. The maximum atomic E-state index is 13.6. The highest BCUT2D eigenvalue weighted by Crippen LogP contribution is 2.36. The number of sulfonamides is 1. The van der Waals surface area contributed by atoms with Gasteiger partial charge in [0.1, 0.15) is 12.6 Å². The summed E-state index contributed by atoms with van der Waals surface area (Å²) in [5, 5.41) is 2.91. The highest BCUT2D eigenvalue weighted by molar-refractivity contribution is 7.92. The number of fused-ring (bicyclic) bond motifs is 1. The summed E-state index contributed by atoms with van der Waals surface area (Å²) in [6, 6.07) is 11.5. The lowest BCUT2D eigenvalue weighted by Gasteiger charge is -2.32. The number of carbonyl (C=O) groups excluding carboxylic acids is 2. The van der Waals surface area contributed by atoms with E-state index in [0.29, 0.717) is 11.5 Å². The molecule has 1 aliphatic rings. The van der Waals surface area contributed by atoms with Crippen LogP contribution in [0.2, 0.25) is 0 Å². The first-order valence-corrected chi connectivity index (χ1v) is 13.4. The van der Waals surface area contributed by atoms with Gasteiger partial charge in [-0.25, -0.2) is 8.42 Å². The molecule has 190 valence electrons. The molecule has 2 aromatic carbocycles. The van der Waals surface area contributed by atoms with E-state index in [1.807, 2.05) is 45.0 Å². The van der Waals surface area contributed by atoms with Gasteiger partial charge in [0.2, 0.25) is 28.6 Å². The van der Waals surface area contributed by atoms with Crippen LogP contribution in [-0.4, -0.2) is 56.8 Å². The lowest BCUT2D eigenvalue weighted by Crippen LogP contribution is -2.52. The van der Waals surface area contributed by atoms with E-state index in [0.717, 1.165) is 28.1 Å². The molecular formula is C25H33N3O6S. The Labute approximate surface area is 207 Å². The number of hydrogen-bond donors (Lipinski definition) is 1. The van der Waals surface area contributed by atoms with Crippen LogP contribution in [0.25, 0.3) is 0 Å². The average Bonchev–Trinajstić information content (AvgIpc) is 3.27. The van der Waals surface area contributed by atoms with Gasteiger partial charge in [0.15, 0.2) is 11.5 Å². The van der Waals surface area contributed by atoms with Crippen molar-refractivity contribution in [1.82, 2.24) is 10.2 Å². The van der Waals surface area contributed by atoms with Crippen molar-refractivity contribution in [1.29, 1.82) is 0 Å². The predicted molar refractivity (Wildman–Crippen MR) is 134 cm³/mol. The first-order valence-electron chi connectivity index (χ1n) is 11.5. The zero-order valence-electron chi connectivity index (χ0n) is 20.8. The molecular weight excluding hydrogens is 470 g/mol. The van der Waals surface area contributed by atoms with Crippen LogP contribution in [0.5, 0.6) is 11.5 Å². The molecule has 0 aromatic heterocycles. The average molecular weight is 504 g/mol. The molecule has 0 aliphatic carbocycles. The zero-order chi connectivity index (χ0) is 25.8. The number of benzene rings is 2. The van der Waals surface area contributed by atoms with Crippen LogP contribution in [0.15, 0.2) is 42.5 Å². The standard InChI is InChI=1S/C25H33N3O6S/c1-6-18(3)26-25(30)19(4)27(14-20-9-7-8-17(2)12-20)24(29)15-28(35(5,31)32)21-10-11-22-23(13-21)34-16-33-22/h7-13,18-19H,6,14-16H2,1-5H3,(H,26,30)/t18-,19-/m1/s1. The summed E-state index contributed by atoms with van der Waals surface area (Å²) in [5.74, 6) is 0.113. The molecule has 2 atom stereocenters. The van der Waals surface area contributed by atoms with Crippen molar-refractivity contribution in [3.05, 3.63) is 53.6 Å². The molecule has 2 amide bonds. The SMILES string of the molecule is CC[C@@H](C)NC(=O)[C@@H](C)N(Cc1cccc(C)c1)C(=O)CN(c1ccc2c(c1)OCO2)S(C)(=O)=O. The molecule has 0 saturated carbocycles. The van der Waals surface area contributed by atoms with Crippen LogP contribution in [0.1, 0.15) is 38.3 Å². The largest absolute Gasteiger partial charge is 0.454 e. The van der Waals surface area contributed by atoms with E-state index in [4.69, 9.17) is 9.47 Å². The van der Waals surface area contributed by atoms with Gasteiger partial charge in [0.25, 0.3) is 0 Å². The van der Waals surface area contributed by atoms with E-state index in [2.05, 4.69) is 5.32 Å². The number of amides is 2. The number of nitrogens with zero attached hydrogens (tertiary/aromatic N) is 2. The minimum absolute atomic E-state index is 0.0453. The van der Waals surface area contributed by atoms with E-state index < -0.39 is 28.5 Å². The number of rotatable bonds is 10. The molecule has 1 N–H and O–H groups in total. The van der Waals surface area contributed by atoms with E-state index >= 15 is 0 Å². The van der Waals surface area contributed by atoms with Gasteiger partial charge in [-0.15, -0.1) is 0 Å². The molecule has 3 rings (SSSR count). The minimum Gasteiger partial charge on any atom is -0.454 e. The number of ether oxygens (including phenoxy) is 2. The molecule has 10 heteroatoms. The van der Waals surface area contributed by atoms with Gasteiger partial charge in [0.05, 0.1) is 11.9 Å². The van der Waals surface area contributed by atoms with Gasteiger partial charge in [-0.2, -0.15) is 0 Å². The van der Waals surface area contributed by atoms with Crippen molar-refractivity contribution in [2.24, 2.45) is 0 Å². The second-order valence-corrected chi connectivity index (χ2v) is 10.7. The zero-order valence-corrected chi connectivity index (χ0v) is 21.6. The molecule has 1 aliphatic heterocycles. The fraction of sp³-hybridized carbons (Fsp3) is 0.440. The van der Waals surface area contributed by atoms with Gasteiger partial charge < -0.3 is 19.7 Å². The molecule has 0 radical (unpaired) electrons. The van der Waals surface area contributed by atoms with Gasteiger partial charge in [-0.3, -0.25) is 13.9 Å². The highest BCUT2D eigenvalue weighted by Gasteiger charge is 2.31. The minimum atomic E-state index is -3.82. The molecule has 1 heterocycles. The van der Waals surface area contributed by atoms with Crippen molar-refractivity contribution in [2.75, 3.05) is 23.9 Å². The van der Waals surface area contributed by atoms with Crippen LogP contribution < -0.4 is 19.1 Å². The van der Waals surface area contributed by atoms with Crippen molar-refractivity contribution < 1.29 is 27.5 Å². The van der Waals surface area contributed by atoms with E-state index in [1.54, 1.807) is 19.1 Å². The molecule has 0 bridgehead atoms. The Bertz CT molecular complexity index is 1180. The lowest BCUT2D eigenvalue weighted by molar-refractivity contribution is -0.139. The lowest BCUT2D eigenvalue weighted by atomic mass is 10.1. The van der Waals surface area contributed by atoms with Gasteiger partial charge in [-0.05, 0) is 44.9 Å². The number of hydrogen-bond acceptors (Lipinski definition) is 6. The molecule has 0 unspecified atom stereocenters. The van der Waals surface area contributed by atoms with Crippen LogP contribution in [0.3, 0.4) is 0 Å². The van der Waals surface area contributed by atoms with Gasteiger partial charge in [0, 0.05) is 18.7 Å². The van der Waals surface area contributed by atoms with Gasteiger partial charge >= 0.3 is 0 Å². The number of carbonyl (C=O) groups is 2. The number of anilines is 1. The first kappa shape index (κ1) is 26.3. The van der Waals surface area contributed by atoms with Crippen molar-refractivity contribution in [2.45, 2.75) is 52.7 Å². The molecule has 9 nitrogen and oxygen atoms in total. The first-order chi connectivity index (χ1) is 16.5. The summed E-state index contributed by atoms with van der Waals surface area (Å²) in [5.41, 5.74) is 2.14. The number of aryl methyl sites for hydroxylation is 1. The predicted octanol–water partition coefficient (Wildman–Crippen LogP) is 2.82. The number of nitrogens with one attached hydrogen (secondary N) is 1. The maximum Gasteiger partial charge on any atom is 0.244 e. The Morgan fingerprint density at radius 2 is 1.80 bits per heavy atom. The summed E-state index contributed by atoms with van der Waals surface area (Å²) in [6.07, 6.45) is 1.78. The second-order valence-electron chi connectivity index (χ2n) is 8.81. The van der Waals surface area contributed by atoms with Crippen molar-refractivity contribution in [3.8, 4) is 11.5 Å². The van der Waals surface area contributed by atoms with Gasteiger partial charge in [-0.1, -0.05) is 36.8 Å². The Morgan fingerprint density at radius 1 is 1.09 bits per heavy atom. The third kappa shape index (κ3) is 6.66. The fourth-order valence-electron chi connectivity index (χ4n) is 3.71. The highest BCUT2D eigenvalue weighted by atomic mass is 32.2. The van der Waals surface area contributed by atoms with E-state index in [-0.39, 0.29) is 31.0 Å². The normalized spacial score (nSPS) is 14.2. The Hall–Kier alpha value is -3.27. The summed E-state index contributed by atoms with van der Waals surface area (Å²) >= 11 is 0. The van der Waals surface area contributed by atoms with E-state index in [9.17, 15) is 18.0 Å². The monoisotopic (exact) mass is 503 g/mol. The molecule has 0 saturated heterocycles. The van der Waals surface area contributed by atoms with Crippen LogP contribution in [0.4, 0.5) is 5.69 Å². The Kier molecular flexibility index (Phi) is 8.26. The van der Waals surface area contributed by atoms with E-state index in [1.165, 1.54) is 11.0 Å². The van der Waals surface area contributed by atoms with Crippen molar-refractivity contribution in [3.63, 3.8) is 0 Å².